The van der Waals surface area contributed by atoms with Gasteiger partial charge in [-0.15, -0.1) is 0 Å². The van der Waals surface area contributed by atoms with Crippen molar-refractivity contribution in [2.75, 3.05) is 13.1 Å². The molecule has 0 unspecified atom stereocenters. The van der Waals surface area contributed by atoms with Gasteiger partial charge in [0.15, 0.2) is 0 Å². The summed E-state index contributed by atoms with van der Waals surface area (Å²) in [6.45, 7) is 0.914. The van der Waals surface area contributed by atoms with Gasteiger partial charge in [0.05, 0.1) is 5.41 Å². The average Bonchev–Trinajstić information content (AvgIpc) is 2.11. The fourth-order valence-corrected chi connectivity index (χ4v) is 1.82. The van der Waals surface area contributed by atoms with Crippen LogP contribution in [0.1, 0.15) is 5.56 Å². The summed E-state index contributed by atoms with van der Waals surface area (Å²) in [5, 5.41) is 12.0. The highest BCUT2D eigenvalue weighted by Gasteiger charge is 2.44. The van der Waals surface area contributed by atoms with Gasteiger partial charge in [-0.1, -0.05) is 12.1 Å². The summed E-state index contributed by atoms with van der Waals surface area (Å²) in [6.07, 6.45) is 0.382. The van der Waals surface area contributed by atoms with Gasteiger partial charge in [0.25, 0.3) is 0 Å². The van der Waals surface area contributed by atoms with E-state index in [0.717, 1.165) is 5.56 Å². The van der Waals surface area contributed by atoms with Gasteiger partial charge < -0.3 is 10.4 Å². The first-order valence-corrected chi connectivity index (χ1v) is 4.81. The van der Waals surface area contributed by atoms with Crippen LogP contribution < -0.4 is 5.32 Å². The van der Waals surface area contributed by atoms with Crippen molar-refractivity contribution in [3.05, 3.63) is 35.6 Å². The Balaban J connectivity index is 2.17. The number of nitrogens with one attached hydrogen (secondary N) is 1. The molecule has 0 amide bonds. The highest BCUT2D eigenvalue weighted by Crippen LogP contribution is 2.28. The Hall–Kier alpha value is -1.42. The Morgan fingerprint density at radius 3 is 2.73 bits per heavy atom. The molecule has 1 aliphatic rings. The fraction of sp³-hybridized carbons (Fsp3) is 0.364. The summed E-state index contributed by atoms with van der Waals surface area (Å²) in [4.78, 5) is 11.1. The molecule has 0 spiro atoms. The number of carbonyl (C=O) groups is 1. The lowest BCUT2D eigenvalue weighted by Gasteiger charge is -2.38. The van der Waals surface area contributed by atoms with Crippen molar-refractivity contribution in [1.29, 1.82) is 0 Å². The van der Waals surface area contributed by atoms with Crippen LogP contribution in [-0.4, -0.2) is 24.2 Å². The van der Waals surface area contributed by atoms with Gasteiger partial charge >= 0.3 is 5.97 Å². The van der Waals surface area contributed by atoms with Crippen LogP contribution >= 0.6 is 0 Å². The molecular weight excluding hydrogens is 197 g/mol. The number of halogens is 1. The van der Waals surface area contributed by atoms with E-state index in [4.69, 9.17) is 5.11 Å². The van der Waals surface area contributed by atoms with Crippen LogP contribution in [0.5, 0.6) is 0 Å². The van der Waals surface area contributed by atoms with Gasteiger partial charge in [0.1, 0.15) is 5.82 Å². The van der Waals surface area contributed by atoms with Crippen molar-refractivity contribution >= 4 is 5.97 Å². The summed E-state index contributed by atoms with van der Waals surface area (Å²) < 4.78 is 12.9. The number of hydrogen-bond donors (Lipinski definition) is 2. The Morgan fingerprint density at radius 1 is 1.53 bits per heavy atom. The second-order valence-electron chi connectivity index (χ2n) is 4.00. The van der Waals surface area contributed by atoms with Crippen molar-refractivity contribution in [2.24, 2.45) is 5.41 Å². The molecule has 80 valence electrons. The minimum absolute atomic E-state index is 0.319. The minimum atomic E-state index is -0.814. The number of benzene rings is 1. The van der Waals surface area contributed by atoms with Crippen molar-refractivity contribution < 1.29 is 14.3 Å². The van der Waals surface area contributed by atoms with Crippen LogP contribution in [0.3, 0.4) is 0 Å². The van der Waals surface area contributed by atoms with E-state index in [-0.39, 0.29) is 5.82 Å². The lowest BCUT2D eigenvalue weighted by Crippen LogP contribution is -2.59. The second kappa shape index (κ2) is 3.62. The summed E-state index contributed by atoms with van der Waals surface area (Å²) in [6, 6.07) is 6.11. The van der Waals surface area contributed by atoms with E-state index < -0.39 is 11.4 Å². The van der Waals surface area contributed by atoms with E-state index in [1.807, 2.05) is 0 Å². The third kappa shape index (κ3) is 1.85. The predicted molar refractivity (Wildman–Crippen MR) is 53.0 cm³/mol. The van der Waals surface area contributed by atoms with E-state index in [2.05, 4.69) is 5.32 Å². The smallest absolute Gasteiger partial charge is 0.312 e. The molecule has 0 aromatic heterocycles. The maximum atomic E-state index is 12.9. The highest BCUT2D eigenvalue weighted by atomic mass is 19.1. The molecule has 1 aliphatic heterocycles. The molecule has 15 heavy (non-hydrogen) atoms. The molecule has 2 N–H and O–H groups in total. The summed E-state index contributed by atoms with van der Waals surface area (Å²) >= 11 is 0. The van der Waals surface area contributed by atoms with Gasteiger partial charge in [-0.2, -0.15) is 0 Å². The lowest BCUT2D eigenvalue weighted by atomic mass is 9.76. The molecule has 0 bridgehead atoms. The van der Waals surface area contributed by atoms with E-state index in [9.17, 15) is 9.18 Å². The summed E-state index contributed by atoms with van der Waals surface area (Å²) in [5.41, 5.74) is -0.00718. The van der Waals surface area contributed by atoms with Gasteiger partial charge in [-0.25, -0.2) is 4.39 Å². The van der Waals surface area contributed by atoms with Crippen molar-refractivity contribution in [3.8, 4) is 0 Å². The van der Waals surface area contributed by atoms with Crippen LogP contribution in [0.2, 0.25) is 0 Å². The second-order valence-corrected chi connectivity index (χ2v) is 4.00. The van der Waals surface area contributed by atoms with Crippen LogP contribution in [0.4, 0.5) is 4.39 Å². The number of rotatable bonds is 3. The molecule has 3 nitrogen and oxygen atoms in total. The van der Waals surface area contributed by atoms with Crippen molar-refractivity contribution in [1.82, 2.24) is 5.32 Å². The third-order valence-corrected chi connectivity index (χ3v) is 2.81. The number of hydrogen-bond acceptors (Lipinski definition) is 2. The lowest BCUT2D eigenvalue weighted by molar-refractivity contribution is -0.152. The largest absolute Gasteiger partial charge is 0.481 e. The Bertz CT molecular complexity index is 388. The monoisotopic (exact) mass is 209 g/mol. The van der Waals surface area contributed by atoms with Crippen LogP contribution in [0.15, 0.2) is 24.3 Å². The molecule has 4 heteroatoms. The maximum Gasteiger partial charge on any atom is 0.312 e. The topological polar surface area (TPSA) is 49.3 Å². The van der Waals surface area contributed by atoms with E-state index in [1.165, 1.54) is 12.1 Å². The van der Waals surface area contributed by atoms with Crippen LogP contribution in [0.25, 0.3) is 0 Å². The van der Waals surface area contributed by atoms with Crippen LogP contribution in [-0.2, 0) is 11.2 Å². The van der Waals surface area contributed by atoms with E-state index in [0.29, 0.717) is 19.5 Å². The highest BCUT2D eigenvalue weighted by molar-refractivity contribution is 5.77. The molecule has 1 saturated heterocycles. The molecule has 0 atom stereocenters. The fourth-order valence-electron chi connectivity index (χ4n) is 1.82. The van der Waals surface area contributed by atoms with Gasteiger partial charge in [0.2, 0.25) is 0 Å². The first-order valence-electron chi connectivity index (χ1n) is 4.81. The summed E-state index contributed by atoms with van der Waals surface area (Å²) in [5.74, 6) is -1.13. The molecule has 1 aromatic rings. The maximum absolute atomic E-state index is 12.9. The van der Waals surface area contributed by atoms with E-state index in [1.54, 1.807) is 12.1 Å². The zero-order valence-corrected chi connectivity index (χ0v) is 8.16. The normalized spacial score (nSPS) is 18.2. The number of aliphatic carboxylic acids is 1. The molecular formula is C11H12FNO2. The minimum Gasteiger partial charge on any atom is -0.481 e. The molecule has 0 aliphatic carbocycles. The molecule has 1 fully saturated rings. The Kier molecular flexibility index (Phi) is 2.44. The molecule has 0 radical (unpaired) electrons. The number of carboxylic acids is 1. The Morgan fingerprint density at radius 2 is 2.27 bits per heavy atom. The summed E-state index contributed by atoms with van der Waals surface area (Å²) in [7, 11) is 0. The SMILES string of the molecule is O=C(O)C1(Cc2cccc(F)c2)CNC1. The first kappa shape index (κ1) is 10.1. The molecule has 1 heterocycles. The predicted octanol–water partition coefficient (Wildman–Crippen LogP) is 1.04. The molecule has 0 saturated carbocycles. The zero-order chi connectivity index (χ0) is 10.9. The van der Waals surface area contributed by atoms with Gasteiger partial charge in [-0.05, 0) is 24.1 Å². The van der Waals surface area contributed by atoms with Crippen molar-refractivity contribution in [3.63, 3.8) is 0 Å². The number of carboxylic acid groups (broad SMARTS) is 1. The van der Waals surface area contributed by atoms with Gasteiger partial charge in [0, 0.05) is 13.1 Å². The van der Waals surface area contributed by atoms with Gasteiger partial charge in [-0.3, -0.25) is 4.79 Å². The van der Waals surface area contributed by atoms with Crippen molar-refractivity contribution in [2.45, 2.75) is 6.42 Å². The molecule has 1 aromatic carbocycles. The van der Waals surface area contributed by atoms with E-state index >= 15 is 0 Å². The molecule has 2 rings (SSSR count). The first-order chi connectivity index (χ1) is 7.12. The average molecular weight is 209 g/mol. The Labute approximate surface area is 86.9 Å². The third-order valence-electron chi connectivity index (χ3n) is 2.81. The quantitative estimate of drug-likeness (QED) is 0.782. The van der Waals surface area contributed by atoms with Crippen LogP contribution in [0, 0.1) is 11.2 Å². The zero-order valence-electron chi connectivity index (χ0n) is 8.16. The standard InChI is InChI=1S/C11H12FNO2/c12-9-3-1-2-8(4-9)5-11(10(14)15)6-13-7-11/h1-4,13H,5-7H2,(H,14,15).